The summed E-state index contributed by atoms with van der Waals surface area (Å²) >= 11 is 17.2. The monoisotopic (exact) mass is 451 g/mol. The van der Waals surface area contributed by atoms with Gasteiger partial charge in [0, 0.05) is 24.6 Å². The molecule has 2 N–H and O–H groups in total. The molecule has 0 radical (unpaired) electrons. The highest BCUT2D eigenvalue weighted by molar-refractivity contribution is 7.71. The Bertz CT molecular complexity index is 1040. The van der Waals surface area contributed by atoms with Crippen LogP contribution in [0.1, 0.15) is 11.7 Å². The lowest BCUT2D eigenvalue weighted by atomic mass is 9.96. The van der Waals surface area contributed by atoms with E-state index in [0.29, 0.717) is 29.1 Å². The van der Waals surface area contributed by atoms with E-state index >= 15 is 0 Å². The predicted octanol–water partition coefficient (Wildman–Crippen LogP) is 5.06. The molecule has 0 spiro atoms. The molecule has 0 aliphatic carbocycles. The van der Waals surface area contributed by atoms with Crippen LogP contribution in [0.4, 0.5) is 0 Å². The quantitative estimate of drug-likeness (QED) is 0.528. The Morgan fingerprint density at radius 3 is 2.86 bits per heavy atom. The van der Waals surface area contributed by atoms with E-state index in [2.05, 4.69) is 15.5 Å². The number of rotatable bonds is 5. The molecule has 29 heavy (non-hydrogen) atoms. The smallest absolute Gasteiger partial charge is 0.314 e. The van der Waals surface area contributed by atoms with Crippen LogP contribution < -0.4 is 10.1 Å². The highest BCUT2D eigenvalue weighted by atomic mass is 35.5. The van der Waals surface area contributed by atoms with Gasteiger partial charge in [-0.3, -0.25) is 0 Å². The maximum absolute atomic E-state index is 6.21. The van der Waals surface area contributed by atoms with Gasteiger partial charge in [0.15, 0.2) is 5.82 Å². The standard InChI is InChI=1S/C20H19Cl2N3O3S/c21-16-5-4-12(9-17(16)22)18-14(10-23-6-7-26-18)11-27-15-3-1-2-13(8-15)19-24-20(29)28-25-19/h1-5,8-9,14,18,23H,6-7,10-11H2,(H,24,25,29). The molecule has 0 bridgehead atoms. The molecule has 4 rings (SSSR count). The lowest BCUT2D eigenvalue weighted by Gasteiger charge is -2.25. The van der Waals surface area contributed by atoms with Crippen LogP contribution in [0.15, 0.2) is 47.0 Å². The van der Waals surface area contributed by atoms with Crippen molar-refractivity contribution in [1.29, 1.82) is 0 Å². The van der Waals surface area contributed by atoms with Crippen LogP contribution in [0.2, 0.25) is 10.0 Å². The summed E-state index contributed by atoms with van der Waals surface area (Å²) in [6.45, 7) is 2.63. The van der Waals surface area contributed by atoms with Crippen molar-refractivity contribution < 1.29 is 14.0 Å². The van der Waals surface area contributed by atoms with Gasteiger partial charge in [-0.15, -0.1) is 0 Å². The van der Waals surface area contributed by atoms with E-state index in [1.165, 1.54) is 0 Å². The van der Waals surface area contributed by atoms with Crippen LogP contribution in [0.3, 0.4) is 0 Å². The molecule has 1 aliphatic rings. The second-order valence-electron chi connectivity index (χ2n) is 6.70. The Morgan fingerprint density at radius 2 is 2.07 bits per heavy atom. The lowest BCUT2D eigenvalue weighted by Crippen LogP contribution is -2.29. The first-order valence-corrected chi connectivity index (χ1v) is 10.3. The van der Waals surface area contributed by atoms with E-state index in [1.54, 1.807) is 6.07 Å². The second kappa shape index (κ2) is 9.28. The van der Waals surface area contributed by atoms with Gasteiger partial charge in [0.05, 0.1) is 29.4 Å². The van der Waals surface area contributed by atoms with E-state index in [0.717, 1.165) is 30.0 Å². The van der Waals surface area contributed by atoms with Gasteiger partial charge in [0.2, 0.25) is 0 Å². The van der Waals surface area contributed by atoms with Crippen LogP contribution in [0.5, 0.6) is 5.75 Å². The van der Waals surface area contributed by atoms with E-state index in [9.17, 15) is 0 Å². The summed E-state index contributed by atoms with van der Waals surface area (Å²) in [6, 6.07) is 13.2. The van der Waals surface area contributed by atoms with Crippen LogP contribution in [-0.4, -0.2) is 36.4 Å². The molecule has 0 amide bonds. The number of hydrogen-bond donors (Lipinski definition) is 2. The molecular formula is C20H19Cl2N3O3S. The first-order chi connectivity index (χ1) is 14.1. The average Bonchev–Trinajstić information content (AvgIpc) is 3.02. The number of nitrogens with zero attached hydrogens (tertiary/aromatic N) is 1. The molecule has 2 heterocycles. The van der Waals surface area contributed by atoms with Crippen molar-refractivity contribution in [3.05, 3.63) is 62.9 Å². The van der Waals surface area contributed by atoms with Crippen molar-refractivity contribution in [2.24, 2.45) is 5.92 Å². The van der Waals surface area contributed by atoms with Gasteiger partial charge < -0.3 is 19.3 Å². The highest BCUT2D eigenvalue weighted by Gasteiger charge is 2.27. The summed E-state index contributed by atoms with van der Waals surface area (Å²) in [7, 11) is 0. The summed E-state index contributed by atoms with van der Waals surface area (Å²) in [6.07, 6.45) is -0.144. The molecule has 6 nitrogen and oxygen atoms in total. The van der Waals surface area contributed by atoms with Gasteiger partial charge in [-0.1, -0.05) is 41.4 Å². The SMILES string of the molecule is S=c1nc(-c2cccc(OCC3CNCCOC3c3ccc(Cl)c(Cl)c3)c2)[nH]o1. The minimum atomic E-state index is -0.144. The molecular weight excluding hydrogens is 433 g/mol. The summed E-state index contributed by atoms with van der Waals surface area (Å²) < 4.78 is 17.2. The zero-order valence-electron chi connectivity index (χ0n) is 15.4. The number of hydrogen-bond acceptors (Lipinski definition) is 6. The summed E-state index contributed by atoms with van der Waals surface area (Å²) in [5.41, 5.74) is 1.82. The fraction of sp³-hybridized carbons (Fsp3) is 0.300. The largest absolute Gasteiger partial charge is 0.493 e. The number of benzene rings is 2. The number of aromatic amines is 1. The van der Waals surface area contributed by atoms with Gasteiger partial charge in [-0.25, -0.2) is 5.16 Å². The van der Waals surface area contributed by atoms with E-state index in [4.69, 9.17) is 49.4 Å². The Balaban J connectivity index is 1.50. The molecule has 152 valence electrons. The van der Waals surface area contributed by atoms with Crippen LogP contribution in [-0.2, 0) is 4.74 Å². The Morgan fingerprint density at radius 1 is 1.17 bits per heavy atom. The number of ether oxygens (including phenoxy) is 2. The third kappa shape index (κ3) is 4.99. The number of halogens is 2. The van der Waals surface area contributed by atoms with Crippen LogP contribution in [0, 0.1) is 10.8 Å². The fourth-order valence-corrected chi connectivity index (χ4v) is 3.72. The Hall–Kier alpha value is -1.90. The molecule has 1 fully saturated rings. The molecule has 0 saturated carbocycles. The molecule has 3 aromatic rings. The number of H-pyrrole nitrogens is 1. The maximum atomic E-state index is 6.21. The summed E-state index contributed by atoms with van der Waals surface area (Å²) in [5.74, 6) is 1.38. The van der Waals surface area contributed by atoms with Crippen molar-refractivity contribution in [1.82, 2.24) is 15.5 Å². The van der Waals surface area contributed by atoms with Gasteiger partial charge in [0.1, 0.15) is 5.75 Å². The lowest BCUT2D eigenvalue weighted by molar-refractivity contribution is 0.0153. The van der Waals surface area contributed by atoms with Crippen LogP contribution >= 0.6 is 35.4 Å². The van der Waals surface area contributed by atoms with Crippen LogP contribution in [0.25, 0.3) is 11.4 Å². The molecule has 2 unspecified atom stereocenters. The van der Waals surface area contributed by atoms with Crippen molar-refractivity contribution in [2.45, 2.75) is 6.10 Å². The molecule has 2 atom stereocenters. The zero-order valence-corrected chi connectivity index (χ0v) is 17.7. The topological polar surface area (TPSA) is 72.3 Å². The molecule has 1 aliphatic heterocycles. The number of aromatic nitrogens is 2. The van der Waals surface area contributed by atoms with Gasteiger partial charge in [0.25, 0.3) is 0 Å². The molecule has 2 aromatic carbocycles. The van der Waals surface area contributed by atoms with Crippen molar-refractivity contribution in [2.75, 3.05) is 26.3 Å². The molecule has 9 heteroatoms. The molecule has 1 aromatic heterocycles. The first kappa shape index (κ1) is 20.4. The fourth-order valence-electron chi connectivity index (χ4n) is 3.28. The van der Waals surface area contributed by atoms with E-state index < -0.39 is 0 Å². The van der Waals surface area contributed by atoms with Crippen molar-refractivity contribution in [3.63, 3.8) is 0 Å². The highest BCUT2D eigenvalue weighted by Crippen LogP contribution is 2.32. The van der Waals surface area contributed by atoms with E-state index in [-0.39, 0.29) is 16.9 Å². The van der Waals surface area contributed by atoms with E-state index in [1.807, 2.05) is 36.4 Å². The maximum Gasteiger partial charge on any atom is 0.314 e. The average molecular weight is 452 g/mol. The predicted molar refractivity (Wildman–Crippen MR) is 114 cm³/mol. The third-order valence-electron chi connectivity index (χ3n) is 4.69. The normalized spacial score (nSPS) is 19.7. The number of nitrogens with one attached hydrogen (secondary N) is 2. The summed E-state index contributed by atoms with van der Waals surface area (Å²) in [4.78, 5) is 4.30. The van der Waals surface area contributed by atoms with Gasteiger partial charge >= 0.3 is 4.84 Å². The molecule has 1 saturated heterocycles. The second-order valence-corrected chi connectivity index (χ2v) is 7.86. The zero-order chi connectivity index (χ0) is 20.2. The van der Waals surface area contributed by atoms with Crippen molar-refractivity contribution >= 4 is 35.4 Å². The minimum absolute atomic E-state index is 0.0938. The third-order valence-corrected chi connectivity index (χ3v) is 5.61. The minimum Gasteiger partial charge on any atom is -0.493 e. The summed E-state index contributed by atoms with van der Waals surface area (Å²) in [5, 5.41) is 7.14. The van der Waals surface area contributed by atoms with Gasteiger partial charge in [-0.2, -0.15) is 4.98 Å². The Kier molecular flexibility index (Phi) is 6.52. The first-order valence-electron chi connectivity index (χ1n) is 9.16. The Labute approximate surface area is 183 Å². The van der Waals surface area contributed by atoms with Crippen molar-refractivity contribution in [3.8, 4) is 17.1 Å². The van der Waals surface area contributed by atoms with Gasteiger partial charge in [-0.05, 0) is 42.0 Å².